The van der Waals surface area contributed by atoms with Crippen LogP contribution >= 0.6 is 0 Å². The number of carbonyl (C=O) groups excluding carboxylic acids is 1. The second-order valence-electron chi connectivity index (χ2n) is 4.61. The van der Waals surface area contributed by atoms with Crippen molar-refractivity contribution < 1.29 is 19.0 Å². The number of ether oxygens (including phenoxy) is 3. The molecule has 1 unspecified atom stereocenters. The van der Waals surface area contributed by atoms with Crippen molar-refractivity contribution in [3.63, 3.8) is 0 Å². The molecule has 4 nitrogen and oxygen atoms in total. The van der Waals surface area contributed by atoms with E-state index in [4.69, 9.17) is 14.2 Å². The maximum atomic E-state index is 11.8. The zero-order valence-corrected chi connectivity index (χ0v) is 10.7. The molecule has 0 bridgehead atoms. The fourth-order valence-electron chi connectivity index (χ4n) is 2.65. The molecule has 0 radical (unpaired) electrons. The van der Waals surface area contributed by atoms with E-state index in [0.717, 1.165) is 17.6 Å². The van der Waals surface area contributed by atoms with E-state index in [9.17, 15) is 4.79 Å². The molecule has 96 valence electrons. The predicted octanol–water partition coefficient (Wildman–Crippen LogP) is 2.04. The first-order chi connectivity index (χ1) is 8.10. The van der Waals surface area contributed by atoms with Crippen molar-refractivity contribution in [2.75, 3.05) is 19.8 Å². The maximum absolute atomic E-state index is 11.8. The van der Waals surface area contributed by atoms with E-state index >= 15 is 0 Å². The molecule has 1 aliphatic heterocycles. The summed E-state index contributed by atoms with van der Waals surface area (Å²) in [5.41, 5.74) is 1.83. The molecule has 2 rings (SSSR count). The molecular formula is C13H20O4. The number of hydrogen-bond acceptors (Lipinski definition) is 4. The van der Waals surface area contributed by atoms with E-state index in [-0.39, 0.29) is 11.9 Å². The molecule has 4 heteroatoms. The lowest BCUT2D eigenvalue weighted by Gasteiger charge is -2.38. The second-order valence-corrected chi connectivity index (χ2v) is 4.61. The molecule has 0 aromatic heterocycles. The van der Waals surface area contributed by atoms with Crippen LogP contribution in [-0.4, -0.2) is 31.6 Å². The van der Waals surface area contributed by atoms with Crippen LogP contribution in [-0.2, 0) is 19.0 Å². The summed E-state index contributed by atoms with van der Waals surface area (Å²) in [5, 5.41) is 0. The van der Waals surface area contributed by atoms with E-state index in [2.05, 4.69) is 6.92 Å². The first-order valence-corrected chi connectivity index (χ1v) is 6.25. The normalized spacial score (nSPS) is 27.6. The number of carbonyl (C=O) groups is 1. The first kappa shape index (κ1) is 12.6. The van der Waals surface area contributed by atoms with Crippen LogP contribution < -0.4 is 0 Å². The van der Waals surface area contributed by atoms with Gasteiger partial charge >= 0.3 is 5.97 Å². The summed E-state index contributed by atoms with van der Waals surface area (Å²) in [5.74, 6) is -0.581. The third kappa shape index (κ3) is 2.11. The Labute approximate surface area is 102 Å². The summed E-state index contributed by atoms with van der Waals surface area (Å²) in [7, 11) is 0. The summed E-state index contributed by atoms with van der Waals surface area (Å²) in [6.45, 7) is 7.56. The minimum absolute atomic E-state index is 0.109. The van der Waals surface area contributed by atoms with Crippen molar-refractivity contribution in [3.8, 4) is 0 Å². The van der Waals surface area contributed by atoms with Crippen LogP contribution in [0.4, 0.5) is 0 Å². The van der Waals surface area contributed by atoms with Gasteiger partial charge in [0.15, 0.2) is 5.79 Å². The van der Waals surface area contributed by atoms with E-state index in [1.165, 1.54) is 0 Å². The van der Waals surface area contributed by atoms with Crippen LogP contribution in [0.2, 0.25) is 0 Å². The fraction of sp³-hybridized carbons (Fsp3) is 0.769. The highest BCUT2D eigenvalue weighted by Gasteiger charge is 2.46. The Balaban J connectivity index is 2.20. The lowest BCUT2D eigenvalue weighted by Crippen LogP contribution is -2.42. The van der Waals surface area contributed by atoms with Gasteiger partial charge < -0.3 is 14.2 Å². The summed E-state index contributed by atoms with van der Waals surface area (Å²) >= 11 is 0. The Morgan fingerprint density at radius 2 is 2.12 bits per heavy atom. The van der Waals surface area contributed by atoms with Gasteiger partial charge in [0.25, 0.3) is 0 Å². The SMILES string of the molecule is CCOC(=O)C1=C(C)C(C)C2(CC1)OCCO2. The smallest absolute Gasteiger partial charge is 0.333 e. The van der Waals surface area contributed by atoms with Crippen molar-refractivity contribution in [3.05, 3.63) is 11.1 Å². The zero-order chi connectivity index (χ0) is 12.5. The third-order valence-electron chi connectivity index (χ3n) is 3.81. The quantitative estimate of drug-likeness (QED) is 0.693. The molecule has 0 aromatic rings. The molecule has 1 fully saturated rings. The number of rotatable bonds is 2. The van der Waals surface area contributed by atoms with Gasteiger partial charge in [0.05, 0.1) is 19.8 Å². The Hall–Kier alpha value is -0.870. The second kappa shape index (κ2) is 4.78. The van der Waals surface area contributed by atoms with Gasteiger partial charge in [-0.15, -0.1) is 0 Å². The van der Waals surface area contributed by atoms with Gasteiger partial charge in [0.1, 0.15) is 0 Å². The van der Waals surface area contributed by atoms with Crippen molar-refractivity contribution in [2.45, 2.75) is 39.4 Å². The molecule has 1 spiro atoms. The monoisotopic (exact) mass is 240 g/mol. The van der Waals surface area contributed by atoms with E-state index in [1.54, 1.807) is 0 Å². The average molecular weight is 240 g/mol. The van der Waals surface area contributed by atoms with Crippen LogP contribution in [0.1, 0.15) is 33.6 Å². The highest BCUT2D eigenvalue weighted by atomic mass is 16.7. The molecule has 0 amide bonds. The fourth-order valence-corrected chi connectivity index (χ4v) is 2.65. The van der Waals surface area contributed by atoms with Gasteiger partial charge in [0.2, 0.25) is 0 Å². The Bertz CT molecular complexity index is 339. The first-order valence-electron chi connectivity index (χ1n) is 6.25. The Kier molecular flexibility index (Phi) is 3.54. The van der Waals surface area contributed by atoms with Crippen molar-refractivity contribution in [2.24, 2.45) is 5.92 Å². The van der Waals surface area contributed by atoms with Gasteiger partial charge in [-0.3, -0.25) is 0 Å². The van der Waals surface area contributed by atoms with Gasteiger partial charge in [-0.05, 0) is 20.3 Å². The standard InChI is InChI=1S/C13H20O4/c1-4-15-12(14)11-5-6-13(10(3)9(11)2)16-7-8-17-13/h10H,4-8H2,1-3H3. The Morgan fingerprint density at radius 1 is 1.47 bits per heavy atom. The van der Waals surface area contributed by atoms with Gasteiger partial charge in [-0.25, -0.2) is 4.79 Å². The molecule has 0 N–H and O–H groups in total. The summed E-state index contributed by atoms with van der Waals surface area (Å²) < 4.78 is 16.6. The topological polar surface area (TPSA) is 44.8 Å². The molecule has 0 saturated carbocycles. The van der Waals surface area contributed by atoms with Crippen LogP contribution in [0.3, 0.4) is 0 Å². The summed E-state index contributed by atoms with van der Waals surface area (Å²) in [6.07, 6.45) is 1.41. The van der Waals surface area contributed by atoms with E-state index in [0.29, 0.717) is 26.2 Å². The molecule has 1 saturated heterocycles. The maximum Gasteiger partial charge on any atom is 0.333 e. The van der Waals surface area contributed by atoms with Gasteiger partial charge in [0, 0.05) is 17.9 Å². The largest absolute Gasteiger partial charge is 0.463 e. The van der Waals surface area contributed by atoms with Crippen molar-refractivity contribution >= 4 is 5.97 Å². The van der Waals surface area contributed by atoms with Crippen LogP contribution in [0.25, 0.3) is 0 Å². The zero-order valence-electron chi connectivity index (χ0n) is 10.7. The molecule has 2 aliphatic rings. The third-order valence-corrected chi connectivity index (χ3v) is 3.81. The highest BCUT2D eigenvalue weighted by molar-refractivity contribution is 5.89. The van der Waals surface area contributed by atoms with Crippen LogP contribution in [0.5, 0.6) is 0 Å². The average Bonchev–Trinajstić information content (AvgIpc) is 2.76. The van der Waals surface area contributed by atoms with Crippen LogP contribution in [0.15, 0.2) is 11.1 Å². The lowest BCUT2D eigenvalue weighted by molar-refractivity contribution is -0.191. The Morgan fingerprint density at radius 3 is 2.71 bits per heavy atom. The molecule has 17 heavy (non-hydrogen) atoms. The number of hydrogen-bond donors (Lipinski definition) is 0. The molecular weight excluding hydrogens is 220 g/mol. The highest BCUT2D eigenvalue weighted by Crippen LogP contribution is 2.43. The van der Waals surface area contributed by atoms with Crippen molar-refractivity contribution in [1.82, 2.24) is 0 Å². The van der Waals surface area contributed by atoms with Gasteiger partial charge in [-0.2, -0.15) is 0 Å². The van der Waals surface area contributed by atoms with Gasteiger partial charge in [-0.1, -0.05) is 12.5 Å². The predicted molar refractivity (Wildman–Crippen MR) is 62.4 cm³/mol. The van der Waals surface area contributed by atoms with E-state index < -0.39 is 5.79 Å². The van der Waals surface area contributed by atoms with Crippen LogP contribution in [0, 0.1) is 5.92 Å². The number of esters is 1. The summed E-state index contributed by atoms with van der Waals surface area (Å²) in [4.78, 5) is 11.8. The molecule has 0 aromatic carbocycles. The summed E-state index contributed by atoms with van der Waals surface area (Å²) in [6, 6.07) is 0. The molecule has 1 aliphatic carbocycles. The van der Waals surface area contributed by atoms with E-state index in [1.807, 2.05) is 13.8 Å². The lowest BCUT2D eigenvalue weighted by atomic mass is 9.79. The van der Waals surface area contributed by atoms with Crippen molar-refractivity contribution in [1.29, 1.82) is 0 Å². The minimum atomic E-state index is -0.500. The minimum Gasteiger partial charge on any atom is -0.463 e. The molecule has 1 atom stereocenters. The molecule has 1 heterocycles.